The van der Waals surface area contributed by atoms with Crippen molar-refractivity contribution in [3.63, 3.8) is 0 Å². The van der Waals surface area contributed by atoms with E-state index in [9.17, 15) is 4.79 Å². The van der Waals surface area contributed by atoms with Crippen molar-refractivity contribution in [2.45, 2.75) is 18.0 Å². The fraction of sp³-hybridized carbons (Fsp3) is 0.357. The van der Waals surface area contributed by atoms with Crippen LogP contribution in [0.3, 0.4) is 0 Å². The molecule has 0 radical (unpaired) electrons. The highest BCUT2D eigenvalue weighted by Gasteiger charge is 2.06. The van der Waals surface area contributed by atoms with Crippen molar-refractivity contribution < 1.29 is 4.79 Å². The maximum atomic E-state index is 11.7. The predicted molar refractivity (Wildman–Crippen MR) is 79.5 cm³/mol. The molecule has 1 amide bonds. The lowest BCUT2D eigenvalue weighted by Gasteiger charge is -2.05. The summed E-state index contributed by atoms with van der Waals surface area (Å²) in [6.45, 7) is 0.701. The molecule has 2 aromatic rings. The monoisotopic (exact) mass is 290 g/mol. The molecule has 0 unspecified atom stereocenters. The van der Waals surface area contributed by atoms with Crippen LogP contribution in [0, 0.1) is 0 Å². The number of nitrogens with one attached hydrogen (secondary N) is 1. The van der Waals surface area contributed by atoms with Gasteiger partial charge in [-0.3, -0.25) is 4.79 Å². The van der Waals surface area contributed by atoms with E-state index in [1.54, 1.807) is 10.9 Å². The molecule has 1 heterocycles. The Morgan fingerprint density at radius 2 is 2.15 bits per heavy atom. The third kappa shape index (κ3) is 4.70. The topological polar surface area (TPSA) is 59.8 Å². The largest absolute Gasteiger partial charge is 0.355 e. The van der Waals surface area contributed by atoms with Crippen LogP contribution in [0.2, 0.25) is 0 Å². The molecule has 0 aliphatic heterocycles. The minimum absolute atomic E-state index is 0.0334. The van der Waals surface area contributed by atoms with Gasteiger partial charge in [0.1, 0.15) is 6.33 Å². The summed E-state index contributed by atoms with van der Waals surface area (Å²) >= 11 is 1.39. The molecule has 0 bridgehead atoms. The Bertz CT molecular complexity index is 541. The summed E-state index contributed by atoms with van der Waals surface area (Å²) < 4.78 is 1.80. The Balaban J connectivity index is 1.60. The molecule has 5 nitrogen and oxygen atoms in total. The molecule has 0 fully saturated rings. The number of rotatable bonds is 7. The fourth-order valence-electron chi connectivity index (χ4n) is 1.75. The summed E-state index contributed by atoms with van der Waals surface area (Å²) in [4.78, 5) is 11.7. The Labute approximate surface area is 122 Å². The van der Waals surface area contributed by atoms with Crippen LogP contribution in [-0.4, -0.2) is 33.0 Å². The molecule has 2 rings (SSSR count). The van der Waals surface area contributed by atoms with Crippen LogP contribution in [0.25, 0.3) is 0 Å². The van der Waals surface area contributed by atoms with Crippen molar-refractivity contribution in [3.05, 3.63) is 42.2 Å². The third-order valence-corrected chi connectivity index (χ3v) is 3.84. The van der Waals surface area contributed by atoms with Gasteiger partial charge < -0.3 is 9.88 Å². The second kappa shape index (κ2) is 7.69. The van der Waals surface area contributed by atoms with Crippen molar-refractivity contribution in [2.24, 2.45) is 7.05 Å². The number of benzene rings is 1. The highest BCUT2D eigenvalue weighted by Crippen LogP contribution is 2.12. The Kier molecular flexibility index (Phi) is 5.61. The molecule has 0 saturated heterocycles. The van der Waals surface area contributed by atoms with E-state index in [4.69, 9.17) is 0 Å². The van der Waals surface area contributed by atoms with Crippen molar-refractivity contribution in [1.29, 1.82) is 0 Å². The molecule has 0 aliphatic rings. The standard InChI is InChI=1S/C14H18N4OS/c1-18-11-16-17-14(18)20-10-13(19)15-9-5-8-12-6-3-2-4-7-12/h2-4,6-7,11H,5,8-10H2,1H3,(H,15,19). The van der Waals surface area contributed by atoms with Crippen LogP contribution in [0.1, 0.15) is 12.0 Å². The minimum Gasteiger partial charge on any atom is -0.355 e. The van der Waals surface area contributed by atoms with Gasteiger partial charge in [-0.05, 0) is 18.4 Å². The predicted octanol–water partition coefficient (Wildman–Crippen LogP) is 1.66. The molecule has 0 atom stereocenters. The van der Waals surface area contributed by atoms with Gasteiger partial charge in [-0.25, -0.2) is 0 Å². The normalized spacial score (nSPS) is 10.4. The lowest BCUT2D eigenvalue weighted by Crippen LogP contribution is -2.26. The summed E-state index contributed by atoms with van der Waals surface area (Å²) in [5.41, 5.74) is 1.30. The molecule has 6 heteroatoms. The average Bonchev–Trinajstić information content (AvgIpc) is 2.88. The van der Waals surface area contributed by atoms with Gasteiger partial charge in [-0.15, -0.1) is 10.2 Å². The molecule has 0 saturated carbocycles. The lowest BCUT2D eigenvalue weighted by atomic mass is 10.1. The van der Waals surface area contributed by atoms with Crippen LogP contribution < -0.4 is 5.32 Å². The summed E-state index contributed by atoms with van der Waals surface area (Å²) in [7, 11) is 1.86. The van der Waals surface area contributed by atoms with Gasteiger partial charge in [0.25, 0.3) is 0 Å². The molecule has 1 aromatic heterocycles. The van der Waals surface area contributed by atoms with E-state index < -0.39 is 0 Å². The Hall–Kier alpha value is -1.82. The van der Waals surface area contributed by atoms with E-state index in [0.717, 1.165) is 18.0 Å². The first-order valence-electron chi connectivity index (χ1n) is 6.53. The molecule has 0 aliphatic carbocycles. The summed E-state index contributed by atoms with van der Waals surface area (Å²) in [6, 6.07) is 10.3. The maximum Gasteiger partial charge on any atom is 0.230 e. The first kappa shape index (κ1) is 14.6. The first-order valence-corrected chi connectivity index (χ1v) is 7.51. The zero-order valence-electron chi connectivity index (χ0n) is 11.5. The zero-order valence-corrected chi connectivity index (χ0v) is 12.3. The number of hydrogen-bond donors (Lipinski definition) is 1. The SMILES string of the molecule is Cn1cnnc1SCC(=O)NCCCc1ccccc1. The molecular weight excluding hydrogens is 272 g/mol. The van der Waals surface area contributed by atoms with Gasteiger partial charge in [0.2, 0.25) is 5.91 Å². The third-order valence-electron chi connectivity index (χ3n) is 2.81. The molecular formula is C14H18N4OS. The van der Waals surface area contributed by atoms with Gasteiger partial charge >= 0.3 is 0 Å². The van der Waals surface area contributed by atoms with Crippen LogP contribution in [0.5, 0.6) is 0 Å². The number of aryl methyl sites for hydroxylation is 2. The van der Waals surface area contributed by atoms with Gasteiger partial charge in [-0.1, -0.05) is 42.1 Å². The fourth-order valence-corrected chi connectivity index (χ4v) is 2.47. The molecule has 1 N–H and O–H groups in total. The van der Waals surface area contributed by atoms with E-state index in [1.807, 2.05) is 25.2 Å². The number of hydrogen-bond acceptors (Lipinski definition) is 4. The Morgan fingerprint density at radius 1 is 1.35 bits per heavy atom. The number of aromatic nitrogens is 3. The number of amides is 1. The van der Waals surface area contributed by atoms with Gasteiger partial charge in [0.15, 0.2) is 5.16 Å². The highest BCUT2D eigenvalue weighted by atomic mass is 32.2. The van der Waals surface area contributed by atoms with E-state index in [0.29, 0.717) is 12.3 Å². The number of carbonyl (C=O) groups excluding carboxylic acids is 1. The van der Waals surface area contributed by atoms with Crippen molar-refractivity contribution in [3.8, 4) is 0 Å². The molecule has 0 spiro atoms. The van der Waals surface area contributed by atoms with Gasteiger partial charge in [0.05, 0.1) is 5.75 Å². The number of thioether (sulfide) groups is 1. The van der Waals surface area contributed by atoms with Crippen LogP contribution in [0.15, 0.2) is 41.8 Å². The molecule has 20 heavy (non-hydrogen) atoms. The lowest BCUT2D eigenvalue weighted by molar-refractivity contribution is -0.118. The Morgan fingerprint density at radius 3 is 2.85 bits per heavy atom. The van der Waals surface area contributed by atoms with Crippen LogP contribution >= 0.6 is 11.8 Å². The van der Waals surface area contributed by atoms with Gasteiger partial charge in [0, 0.05) is 13.6 Å². The highest BCUT2D eigenvalue weighted by molar-refractivity contribution is 7.99. The average molecular weight is 290 g/mol. The maximum absolute atomic E-state index is 11.7. The van der Waals surface area contributed by atoms with Gasteiger partial charge in [-0.2, -0.15) is 0 Å². The van der Waals surface area contributed by atoms with Crippen molar-refractivity contribution >= 4 is 17.7 Å². The van der Waals surface area contributed by atoms with Crippen LogP contribution in [0.4, 0.5) is 0 Å². The van der Waals surface area contributed by atoms with E-state index >= 15 is 0 Å². The second-order valence-electron chi connectivity index (χ2n) is 4.45. The summed E-state index contributed by atoms with van der Waals surface area (Å²) in [5.74, 6) is 0.406. The van der Waals surface area contributed by atoms with Crippen molar-refractivity contribution in [1.82, 2.24) is 20.1 Å². The second-order valence-corrected chi connectivity index (χ2v) is 5.39. The first-order chi connectivity index (χ1) is 9.75. The minimum atomic E-state index is 0.0334. The van der Waals surface area contributed by atoms with E-state index in [1.165, 1.54) is 17.3 Å². The van der Waals surface area contributed by atoms with E-state index in [2.05, 4.69) is 27.6 Å². The smallest absolute Gasteiger partial charge is 0.230 e. The van der Waals surface area contributed by atoms with Crippen LogP contribution in [-0.2, 0) is 18.3 Å². The number of nitrogens with zero attached hydrogens (tertiary/aromatic N) is 3. The summed E-state index contributed by atoms with van der Waals surface area (Å²) in [5, 5.41) is 11.4. The zero-order chi connectivity index (χ0) is 14.2. The molecule has 1 aromatic carbocycles. The quantitative estimate of drug-likeness (QED) is 0.622. The van der Waals surface area contributed by atoms with E-state index in [-0.39, 0.29) is 5.91 Å². The molecule has 106 valence electrons. The van der Waals surface area contributed by atoms with Crippen molar-refractivity contribution in [2.75, 3.05) is 12.3 Å². The summed E-state index contributed by atoms with van der Waals surface area (Å²) in [6.07, 6.45) is 3.56. The number of carbonyl (C=O) groups is 1.